The van der Waals surface area contributed by atoms with E-state index in [-0.39, 0.29) is 11.9 Å². The van der Waals surface area contributed by atoms with Crippen LogP contribution in [-0.4, -0.2) is 12.6 Å². The van der Waals surface area contributed by atoms with Gasteiger partial charge in [0.15, 0.2) is 0 Å². The minimum absolute atomic E-state index is 0.0849. The molecule has 0 N–H and O–H groups in total. The van der Waals surface area contributed by atoms with Gasteiger partial charge in [-0.15, -0.1) is 0 Å². The number of rotatable bonds is 26. The van der Waals surface area contributed by atoms with Crippen LogP contribution in [0.15, 0.2) is 0 Å². The quantitative estimate of drug-likeness (QED) is 0.0963. The molecule has 0 fully saturated rings. The van der Waals surface area contributed by atoms with Crippen molar-refractivity contribution in [2.24, 2.45) is 5.92 Å². The average molecular weight is 453 g/mol. The second kappa shape index (κ2) is 26.7. The molecule has 2 heteroatoms. The number of carbonyl (C=O) groups excluding carboxylic acids is 1. The summed E-state index contributed by atoms with van der Waals surface area (Å²) in [6.45, 7) is 7.38. The van der Waals surface area contributed by atoms with Crippen molar-refractivity contribution >= 4 is 5.97 Å². The summed E-state index contributed by atoms with van der Waals surface area (Å²) in [6, 6.07) is 0. The smallest absolute Gasteiger partial charge is 0.308 e. The van der Waals surface area contributed by atoms with Crippen molar-refractivity contribution < 1.29 is 9.53 Å². The van der Waals surface area contributed by atoms with Gasteiger partial charge in [-0.05, 0) is 19.3 Å². The minimum Gasteiger partial charge on any atom is -0.465 e. The highest BCUT2D eigenvalue weighted by Gasteiger charge is 2.18. The summed E-state index contributed by atoms with van der Waals surface area (Å²) >= 11 is 0. The van der Waals surface area contributed by atoms with Gasteiger partial charge in [-0.2, -0.15) is 0 Å². The molecule has 0 bridgehead atoms. The molecule has 0 amide bonds. The number of hydrogen-bond acceptors (Lipinski definition) is 2. The monoisotopic (exact) mass is 452 g/mol. The summed E-state index contributed by atoms with van der Waals surface area (Å²) < 4.78 is 5.64. The van der Waals surface area contributed by atoms with Crippen LogP contribution in [0.25, 0.3) is 0 Å². The molecule has 0 spiro atoms. The topological polar surface area (TPSA) is 26.3 Å². The summed E-state index contributed by atoms with van der Waals surface area (Å²) in [7, 11) is 0. The zero-order valence-electron chi connectivity index (χ0n) is 22.6. The average Bonchev–Trinajstić information content (AvgIpc) is 2.80. The van der Waals surface area contributed by atoms with Crippen molar-refractivity contribution in [3.8, 4) is 0 Å². The third kappa shape index (κ3) is 22.7. The summed E-state index contributed by atoms with van der Waals surface area (Å²) in [6.07, 6.45) is 31.2. The molecule has 2 nitrogen and oxygen atoms in total. The van der Waals surface area contributed by atoms with Crippen LogP contribution in [0.5, 0.6) is 0 Å². The van der Waals surface area contributed by atoms with Crippen LogP contribution in [0, 0.1) is 5.92 Å². The maximum atomic E-state index is 12.5. The first-order chi connectivity index (χ1) is 15.8. The normalized spacial score (nSPS) is 12.2. The summed E-state index contributed by atoms with van der Waals surface area (Å²) in [4.78, 5) is 12.5. The van der Waals surface area contributed by atoms with Gasteiger partial charge in [0.05, 0.1) is 12.5 Å². The highest BCUT2D eigenvalue weighted by atomic mass is 16.5. The van der Waals surface area contributed by atoms with E-state index >= 15 is 0 Å². The van der Waals surface area contributed by atoms with Gasteiger partial charge in [0.2, 0.25) is 0 Å². The van der Waals surface area contributed by atoms with Gasteiger partial charge < -0.3 is 4.74 Å². The maximum absolute atomic E-state index is 12.5. The molecule has 1 unspecified atom stereocenters. The second-order valence-corrected chi connectivity index (χ2v) is 10.2. The Hall–Kier alpha value is -0.530. The Kier molecular flexibility index (Phi) is 26.3. The molecule has 0 saturated heterocycles. The van der Waals surface area contributed by atoms with Gasteiger partial charge in [-0.3, -0.25) is 4.79 Å². The van der Waals surface area contributed by atoms with E-state index in [2.05, 4.69) is 20.8 Å². The highest BCUT2D eigenvalue weighted by Crippen LogP contribution is 2.20. The molecule has 0 aliphatic heterocycles. The Labute approximate surface area is 203 Å². The van der Waals surface area contributed by atoms with Gasteiger partial charge >= 0.3 is 5.97 Å². The molecule has 192 valence electrons. The van der Waals surface area contributed by atoms with E-state index in [9.17, 15) is 4.79 Å². The fraction of sp³-hybridized carbons (Fsp3) is 0.967. The second-order valence-electron chi connectivity index (χ2n) is 10.2. The van der Waals surface area contributed by atoms with E-state index in [4.69, 9.17) is 4.74 Å². The van der Waals surface area contributed by atoms with E-state index in [1.807, 2.05) is 0 Å². The minimum atomic E-state index is 0.0849. The number of ether oxygens (including phenoxy) is 1. The Bertz CT molecular complexity index is 366. The summed E-state index contributed by atoms with van der Waals surface area (Å²) in [5.74, 6) is 0.231. The first kappa shape index (κ1) is 31.5. The predicted octanol–water partition coefficient (Wildman–Crippen LogP) is 10.6. The van der Waals surface area contributed by atoms with Crippen LogP contribution in [0.4, 0.5) is 0 Å². The molecular weight excluding hydrogens is 392 g/mol. The third-order valence-corrected chi connectivity index (χ3v) is 6.89. The molecule has 0 radical (unpaired) electrons. The van der Waals surface area contributed by atoms with Crippen LogP contribution >= 0.6 is 0 Å². The van der Waals surface area contributed by atoms with E-state index in [0.29, 0.717) is 6.61 Å². The van der Waals surface area contributed by atoms with Gasteiger partial charge in [-0.25, -0.2) is 0 Å². The lowest BCUT2D eigenvalue weighted by atomic mass is 9.95. The van der Waals surface area contributed by atoms with Crippen LogP contribution in [0.3, 0.4) is 0 Å². The molecular formula is C30H60O2. The first-order valence-electron chi connectivity index (χ1n) is 14.9. The standard InChI is InChI=1S/C30H60O2/c1-4-7-10-12-14-15-16-17-18-19-20-21-22-24-27-29(26-9-6-3)30(31)32-28-25-23-13-11-8-5-2/h29H,4-28H2,1-3H3. The van der Waals surface area contributed by atoms with Crippen LogP contribution in [-0.2, 0) is 9.53 Å². The largest absolute Gasteiger partial charge is 0.465 e. The van der Waals surface area contributed by atoms with Gasteiger partial charge in [0.1, 0.15) is 0 Å². The lowest BCUT2D eigenvalue weighted by Crippen LogP contribution is -2.18. The molecule has 0 rings (SSSR count). The van der Waals surface area contributed by atoms with E-state index in [1.165, 1.54) is 128 Å². The number of esters is 1. The van der Waals surface area contributed by atoms with Crippen molar-refractivity contribution in [2.45, 2.75) is 175 Å². The Morgan fingerprint density at radius 3 is 1.25 bits per heavy atom. The van der Waals surface area contributed by atoms with E-state index < -0.39 is 0 Å². The molecule has 0 aromatic rings. The summed E-state index contributed by atoms with van der Waals surface area (Å²) in [5.41, 5.74) is 0. The van der Waals surface area contributed by atoms with E-state index in [1.54, 1.807) is 0 Å². The Balaban J connectivity index is 3.64. The first-order valence-corrected chi connectivity index (χ1v) is 14.9. The molecule has 0 heterocycles. The van der Waals surface area contributed by atoms with Gasteiger partial charge in [0.25, 0.3) is 0 Å². The van der Waals surface area contributed by atoms with E-state index in [0.717, 1.165) is 25.7 Å². The van der Waals surface area contributed by atoms with Gasteiger partial charge in [0, 0.05) is 0 Å². The number of carbonyl (C=O) groups is 1. The molecule has 0 aliphatic rings. The zero-order chi connectivity index (χ0) is 23.5. The molecule has 32 heavy (non-hydrogen) atoms. The number of hydrogen-bond donors (Lipinski definition) is 0. The van der Waals surface area contributed by atoms with Crippen molar-refractivity contribution in [3.05, 3.63) is 0 Å². The predicted molar refractivity (Wildman–Crippen MR) is 142 cm³/mol. The maximum Gasteiger partial charge on any atom is 0.308 e. The Morgan fingerprint density at radius 1 is 0.469 bits per heavy atom. The molecule has 0 aromatic heterocycles. The molecule has 0 saturated carbocycles. The number of unbranched alkanes of at least 4 members (excludes halogenated alkanes) is 19. The van der Waals surface area contributed by atoms with Crippen LogP contribution < -0.4 is 0 Å². The van der Waals surface area contributed by atoms with Crippen LogP contribution in [0.1, 0.15) is 175 Å². The molecule has 0 aromatic carbocycles. The SMILES string of the molecule is CCCCCCCCCCCCCCCCC(CCCC)C(=O)OCCCCCCCC. The third-order valence-electron chi connectivity index (χ3n) is 6.89. The fourth-order valence-corrected chi connectivity index (χ4v) is 4.59. The fourth-order valence-electron chi connectivity index (χ4n) is 4.59. The van der Waals surface area contributed by atoms with Crippen molar-refractivity contribution in [1.29, 1.82) is 0 Å². The highest BCUT2D eigenvalue weighted by molar-refractivity contribution is 5.72. The van der Waals surface area contributed by atoms with Gasteiger partial charge in [-0.1, -0.05) is 156 Å². The van der Waals surface area contributed by atoms with Crippen molar-refractivity contribution in [2.75, 3.05) is 6.61 Å². The lowest BCUT2D eigenvalue weighted by Gasteiger charge is -2.16. The molecule has 0 aliphatic carbocycles. The van der Waals surface area contributed by atoms with Crippen LogP contribution in [0.2, 0.25) is 0 Å². The zero-order valence-corrected chi connectivity index (χ0v) is 22.6. The Morgan fingerprint density at radius 2 is 0.812 bits per heavy atom. The lowest BCUT2D eigenvalue weighted by molar-refractivity contribution is -0.149. The molecule has 1 atom stereocenters. The van der Waals surface area contributed by atoms with Crippen molar-refractivity contribution in [1.82, 2.24) is 0 Å². The summed E-state index contributed by atoms with van der Waals surface area (Å²) in [5, 5.41) is 0. The van der Waals surface area contributed by atoms with Crippen molar-refractivity contribution in [3.63, 3.8) is 0 Å².